The first-order valence-corrected chi connectivity index (χ1v) is 11.6. The number of benzene rings is 2. The maximum absolute atomic E-state index is 13.2. The van der Waals surface area contributed by atoms with Crippen molar-refractivity contribution < 1.29 is 29.0 Å². The summed E-state index contributed by atoms with van der Waals surface area (Å²) in [4.78, 5) is 26.9. The van der Waals surface area contributed by atoms with Gasteiger partial charge in [0.05, 0.1) is 38.4 Å². The van der Waals surface area contributed by atoms with E-state index in [0.29, 0.717) is 59.4 Å². The number of hydroxylamine groups is 2. The number of carbonyl (C=O) groups is 2. The lowest BCUT2D eigenvalue weighted by molar-refractivity contribution is -0.0357. The minimum absolute atomic E-state index is 0.0800. The fourth-order valence-corrected chi connectivity index (χ4v) is 4.50. The Hall–Kier alpha value is -4.05. The van der Waals surface area contributed by atoms with E-state index in [0.717, 1.165) is 11.3 Å². The molecular weight excluding hydrogens is 464 g/mol. The first-order chi connectivity index (χ1) is 17.4. The van der Waals surface area contributed by atoms with Crippen LogP contribution in [0.15, 0.2) is 48.5 Å². The third-order valence-corrected chi connectivity index (χ3v) is 6.41. The lowest BCUT2D eigenvalue weighted by Gasteiger charge is -2.32. The van der Waals surface area contributed by atoms with Crippen LogP contribution in [0, 0.1) is 0 Å². The van der Waals surface area contributed by atoms with Crippen molar-refractivity contribution in [3.8, 4) is 28.4 Å². The summed E-state index contributed by atoms with van der Waals surface area (Å²) in [5.74, 6) is 0.837. The van der Waals surface area contributed by atoms with Crippen LogP contribution in [0.1, 0.15) is 34.8 Å². The van der Waals surface area contributed by atoms with Gasteiger partial charge in [0, 0.05) is 31.6 Å². The zero-order chi connectivity index (χ0) is 25.8. The lowest BCUT2D eigenvalue weighted by Crippen LogP contribution is -2.43. The van der Waals surface area contributed by atoms with E-state index in [2.05, 4.69) is 0 Å². The van der Waals surface area contributed by atoms with Gasteiger partial charge in [0.15, 0.2) is 0 Å². The number of likely N-dealkylation sites (tertiary alicyclic amines) is 1. The Bertz CT molecular complexity index is 1210. The molecule has 0 aliphatic carbocycles. The minimum atomic E-state index is -0.482. The summed E-state index contributed by atoms with van der Waals surface area (Å²) in [5.41, 5.74) is 3.15. The molecule has 1 N–H and O–H groups in total. The SMILES string of the molecule is COC(=O)c1c(C2CCN(C(=O)N(C)O)CC2)nn(-c2ccc(OC)cc2)c1-c1ccc(OC)cc1. The maximum Gasteiger partial charge on any atom is 0.343 e. The van der Waals surface area contributed by atoms with Gasteiger partial charge in [-0.3, -0.25) is 5.21 Å². The standard InChI is InChI=1S/C26H30N4O6/c1-28(33)26(32)29-15-13-17(14-16-29)23-22(25(31)36-4)24(18-5-9-20(34-2)10-6-18)30(27-23)19-7-11-21(35-3)12-8-19/h5-12,17,33H,13-16H2,1-4H3. The molecule has 1 aliphatic rings. The molecule has 4 rings (SSSR count). The van der Waals surface area contributed by atoms with Crippen molar-refractivity contribution in [2.75, 3.05) is 41.5 Å². The average Bonchev–Trinajstić information content (AvgIpc) is 3.33. The zero-order valence-electron chi connectivity index (χ0n) is 20.8. The van der Waals surface area contributed by atoms with Crippen LogP contribution in [0.5, 0.6) is 11.5 Å². The smallest absolute Gasteiger partial charge is 0.343 e. The second-order valence-corrected chi connectivity index (χ2v) is 8.51. The number of carbonyl (C=O) groups excluding carboxylic acids is 2. The Morgan fingerprint density at radius 3 is 2.00 bits per heavy atom. The van der Waals surface area contributed by atoms with E-state index in [1.165, 1.54) is 14.2 Å². The van der Waals surface area contributed by atoms with Gasteiger partial charge in [-0.05, 0) is 61.4 Å². The van der Waals surface area contributed by atoms with Crippen LogP contribution >= 0.6 is 0 Å². The molecule has 0 bridgehead atoms. The summed E-state index contributed by atoms with van der Waals surface area (Å²) in [5, 5.41) is 15.0. The molecule has 2 aromatic carbocycles. The van der Waals surface area contributed by atoms with Gasteiger partial charge in [-0.2, -0.15) is 5.10 Å². The molecule has 10 nitrogen and oxygen atoms in total. The van der Waals surface area contributed by atoms with E-state index in [1.807, 2.05) is 48.5 Å². The molecular formula is C26H30N4O6. The molecule has 36 heavy (non-hydrogen) atoms. The van der Waals surface area contributed by atoms with Crippen molar-refractivity contribution >= 4 is 12.0 Å². The number of nitrogens with zero attached hydrogens (tertiary/aromatic N) is 4. The normalized spacial score (nSPS) is 13.9. The van der Waals surface area contributed by atoms with Gasteiger partial charge < -0.3 is 19.1 Å². The average molecular weight is 495 g/mol. The molecule has 1 aliphatic heterocycles. The third kappa shape index (κ3) is 4.85. The molecule has 0 saturated carbocycles. The molecule has 190 valence electrons. The van der Waals surface area contributed by atoms with Gasteiger partial charge in [-0.25, -0.2) is 19.3 Å². The molecule has 1 aromatic heterocycles. The van der Waals surface area contributed by atoms with Crippen LogP contribution in [-0.4, -0.2) is 78.4 Å². The number of piperidine rings is 1. The molecule has 2 amide bonds. The van der Waals surface area contributed by atoms with Crippen LogP contribution < -0.4 is 9.47 Å². The van der Waals surface area contributed by atoms with E-state index in [-0.39, 0.29) is 5.92 Å². The van der Waals surface area contributed by atoms with E-state index in [9.17, 15) is 14.8 Å². The Balaban J connectivity index is 1.83. The highest BCUT2D eigenvalue weighted by Crippen LogP contribution is 2.37. The Morgan fingerprint density at radius 1 is 0.944 bits per heavy atom. The number of amides is 2. The minimum Gasteiger partial charge on any atom is -0.497 e. The summed E-state index contributed by atoms with van der Waals surface area (Å²) in [6.45, 7) is 0.866. The molecule has 1 fully saturated rings. The number of esters is 1. The number of ether oxygens (including phenoxy) is 3. The number of methoxy groups -OCH3 is 3. The predicted octanol–water partition coefficient (Wildman–Crippen LogP) is 3.96. The summed E-state index contributed by atoms with van der Waals surface area (Å²) >= 11 is 0. The van der Waals surface area contributed by atoms with E-state index in [1.54, 1.807) is 23.8 Å². The van der Waals surface area contributed by atoms with Crippen molar-refractivity contribution in [1.29, 1.82) is 0 Å². The molecule has 0 unspecified atom stereocenters. The molecule has 10 heteroatoms. The molecule has 0 atom stereocenters. The summed E-state index contributed by atoms with van der Waals surface area (Å²) in [6.07, 6.45) is 1.18. The lowest BCUT2D eigenvalue weighted by atomic mass is 9.90. The largest absolute Gasteiger partial charge is 0.497 e. The number of hydrogen-bond donors (Lipinski definition) is 1. The van der Waals surface area contributed by atoms with E-state index in [4.69, 9.17) is 19.3 Å². The Labute approximate surface area is 209 Å². The second-order valence-electron chi connectivity index (χ2n) is 8.51. The fourth-order valence-electron chi connectivity index (χ4n) is 4.50. The Morgan fingerprint density at radius 2 is 1.50 bits per heavy atom. The van der Waals surface area contributed by atoms with Gasteiger partial charge in [0.2, 0.25) is 0 Å². The number of aromatic nitrogens is 2. The van der Waals surface area contributed by atoms with Crippen molar-refractivity contribution in [1.82, 2.24) is 19.7 Å². The monoisotopic (exact) mass is 494 g/mol. The molecule has 3 aromatic rings. The van der Waals surface area contributed by atoms with Crippen LogP contribution in [0.25, 0.3) is 16.9 Å². The molecule has 2 heterocycles. The predicted molar refractivity (Wildman–Crippen MR) is 132 cm³/mol. The van der Waals surface area contributed by atoms with Crippen molar-refractivity contribution in [2.24, 2.45) is 0 Å². The molecule has 0 radical (unpaired) electrons. The van der Waals surface area contributed by atoms with Crippen molar-refractivity contribution in [3.05, 3.63) is 59.8 Å². The Kier molecular flexibility index (Phi) is 7.44. The first-order valence-electron chi connectivity index (χ1n) is 11.6. The van der Waals surface area contributed by atoms with Gasteiger partial charge in [0.1, 0.15) is 17.1 Å². The quantitative estimate of drug-likeness (QED) is 0.314. The highest BCUT2D eigenvalue weighted by molar-refractivity contribution is 5.98. The van der Waals surface area contributed by atoms with Crippen LogP contribution in [0.4, 0.5) is 4.79 Å². The van der Waals surface area contributed by atoms with Gasteiger partial charge in [-0.1, -0.05) is 0 Å². The van der Waals surface area contributed by atoms with Crippen LogP contribution in [-0.2, 0) is 4.74 Å². The van der Waals surface area contributed by atoms with Gasteiger partial charge in [-0.15, -0.1) is 0 Å². The number of urea groups is 1. The summed E-state index contributed by atoms with van der Waals surface area (Å²) in [6, 6.07) is 14.4. The first kappa shape index (κ1) is 25.1. The van der Waals surface area contributed by atoms with Crippen LogP contribution in [0.2, 0.25) is 0 Å². The number of hydrogen-bond acceptors (Lipinski definition) is 7. The maximum atomic E-state index is 13.2. The van der Waals surface area contributed by atoms with Crippen molar-refractivity contribution in [3.63, 3.8) is 0 Å². The molecule has 0 spiro atoms. The van der Waals surface area contributed by atoms with E-state index >= 15 is 0 Å². The third-order valence-electron chi connectivity index (χ3n) is 6.41. The fraction of sp³-hybridized carbons (Fsp3) is 0.346. The van der Waals surface area contributed by atoms with Crippen LogP contribution in [0.3, 0.4) is 0 Å². The highest BCUT2D eigenvalue weighted by atomic mass is 16.5. The highest BCUT2D eigenvalue weighted by Gasteiger charge is 2.34. The second kappa shape index (κ2) is 10.7. The summed E-state index contributed by atoms with van der Waals surface area (Å²) < 4.78 is 17.6. The van der Waals surface area contributed by atoms with E-state index < -0.39 is 12.0 Å². The molecule has 1 saturated heterocycles. The number of rotatable bonds is 6. The zero-order valence-corrected chi connectivity index (χ0v) is 20.8. The van der Waals surface area contributed by atoms with Crippen molar-refractivity contribution in [2.45, 2.75) is 18.8 Å². The van der Waals surface area contributed by atoms with Gasteiger partial charge in [0.25, 0.3) is 0 Å². The topological polar surface area (TPSA) is 106 Å². The summed E-state index contributed by atoms with van der Waals surface area (Å²) in [7, 11) is 5.86. The van der Waals surface area contributed by atoms with Gasteiger partial charge >= 0.3 is 12.0 Å².